The quantitative estimate of drug-likeness (QED) is 0.495. The molecule has 1 heteroatoms. The van der Waals surface area contributed by atoms with Gasteiger partial charge in [-0.1, -0.05) is 62.9 Å². The molecule has 3 unspecified atom stereocenters. The Labute approximate surface area is 130 Å². The van der Waals surface area contributed by atoms with Gasteiger partial charge in [0.25, 0.3) is 0 Å². The summed E-state index contributed by atoms with van der Waals surface area (Å²) in [6.45, 7) is 11.9. The van der Waals surface area contributed by atoms with Gasteiger partial charge in [0.2, 0.25) is 0 Å². The fraction of sp³-hybridized carbons (Fsp3) is 0.684. The minimum absolute atomic E-state index is 0.524. The third-order valence-electron chi connectivity index (χ3n) is 5.77. The minimum atomic E-state index is 0.524. The van der Waals surface area contributed by atoms with Crippen LogP contribution in [0.3, 0.4) is 0 Å². The first-order chi connectivity index (χ1) is 9.40. The van der Waals surface area contributed by atoms with E-state index < -0.39 is 0 Å². The molecule has 0 amide bonds. The summed E-state index contributed by atoms with van der Waals surface area (Å²) in [5.74, 6) is 3.71. The lowest BCUT2D eigenvalue weighted by atomic mass is 9.75. The standard InChI is InChI=1S/C19H29Cl/c1-12-6-7-13(2)19(11-14(12)3)18-9-8-17(20)10-15(4)16(18)5/h8-10,12-14,16,19H,6-7,11H2,1-5H3/t12?,13-,14?,16?,19-/m0/s1. The average Bonchev–Trinajstić information content (AvgIpc) is 2.60. The van der Waals surface area contributed by atoms with Crippen molar-refractivity contribution in [2.45, 2.75) is 53.9 Å². The molecule has 0 aliphatic heterocycles. The van der Waals surface area contributed by atoms with E-state index in [1.165, 1.54) is 24.8 Å². The molecule has 0 heterocycles. The Hall–Kier alpha value is -0.490. The van der Waals surface area contributed by atoms with Crippen molar-refractivity contribution < 1.29 is 0 Å². The van der Waals surface area contributed by atoms with Gasteiger partial charge in [-0.25, -0.2) is 0 Å². The molecule has 0 N–H and O–H groups in total. The van der Waals surface area contributed by atoms with Crippen LogP contribution in [0.2, 0.25) is 0 Å². The number of rotatable bonds is 1. The molecule has 1 fully saturated rings. The fourth-order valence-electron chi connectivity index (χ4n) is 3.76. The van der Waals surface area contributed by atoms with Crippen LogP contribution in [0.5, 0.6) is 0 Å². The van der Waals surface area contributed by atoms with E-state index in [0.717, 1.165) is 22.8 Å². The van der Waals surface area contributed by atoms with Crippen molar-refractivity contribution in [3.05, 3.63) is 34.4 Å². The number of hydrogen-bond donors (Lipinski definition) is 0. The first-order valence-corrected chi connectivity index (χ1v) is 8.53. The Bertz CT molecular complexity index is 441. The van der Waals surface area contributed by atoms with Crippen molar-refractivity contribution in [3.8, 4) is 0 Å². The predicted molar refractivity (Wildman–Crippen MR) is 89.8 cm³/mol. The van der Waals surface area contributed by atoms with E-state index in [0.29, 0.717) is 11.8 Å². The molecule has 0 saturated heterocycles. The number of hydrogen-bond acceptors (Lipinski definition) is 0. The summed E-state index contributed by atoms with van der Waals surface area (Å²) >= 11 is 6.25. The molecule has 20 heavy (non-hydrogen) atoms. The van der Waals surface area contributed by atoms with Crippen molar-refractivity contribution in [2.24, 2.45) is 29.6 Å². The van der Waals surface area contributed by atoms with E-state index in [4.69, 9.17) is 11.6 Å². The normalized spacial score (nSPS) is 39.3. The van der Waals surface area contributed by atoms with E-state index in [-0.39, 0.29) is 0 Å². The van der Waals surface area contributed by atoms with Crippen molar-refractivity contribution in [3.63, 3.8) is 0 Å². The van der Waals surface area contributed by atoms with Crippen LogP contribution in [-0.4, -0.2) is 0 Å². The summed E-state index contributed by atoms with van der Waals surface area (Å²) in [4.78, 5) is 0. The molecular formula is C19H29Cl. The lowest BCUT2D eigenvalue weighted by Gasteiger charge is -2.30. The molecule has 0 aromatic heterocycles. The third-order valence-corrected chi connectivity index (χ3v) is 6.01. The summed E-state index contributed by atoms with van der Waals surface area (Å²) in [6.07, 6.45) is 10.6. The lowest BCUT2D eigenvalue weighted by Crippen LogP contribution is -2.20. The zero-order valence-corrected chi connectivity index (χ0v) is 14.4. The number of halogens is 1. The van der Waals surface area contributed by atoms with Crippen LogP contribution in [-0.2, 0) is 0 Å². The van der Waals surface area contributed by atoms with Crippen LogP contribution < -0.4 is 0 Å². The van der Waals surface area contributed by atoms with Gasteiger partial charge in [-0.2, -0.15) is 0 Å². The molecule has 0 radical (unpaired) electrons. The Balaban J connectivity index is 2.30. The van der Waals surface area contributed by atoms with Gasteiger partial charge >= 0.3 is 0 Å². The molecular weight excluding hydrogens is 264 g/mol. The van der Waals surface area contributed by atoms with E-state index in [1.807, 2.05) is 0 Å². The van der Waals surface area contributed by atoms with Crippen molar-refractivity contribution in [1.29, 1.82) is 0 Å². The molecule has 2 aliphatic carbocycles. The third kappa shape index (κ3) is 3.39. The highest BCUT2D eigenvalue weighted by Gasteiger charge is 2.32. The second kappa shape index (κ2) is 6.52. The van der Waals surface area contributed by atoms with E-state index in [9.17, 15) is 0 Å². The molecule has 112 valence electrons. The Morgan fingerprint density at radius 1 is 0.950 bits per heavy atom. The SMILES string of the molecule is CC1=CC(Cl)=CC=C([C@H]2CC(C)C(C)CC[C@@H]2C)C1C. The van der Waals surface area contributed by atoms with Gasteiger partial charge in [-0.15, -0.1) is 0 Å². The van der Waals surface area contributed by atoms with Gasteiger partial charge in [0.15, 0.2) is 0 Å². The monoisotopic (exact) mass is 292 g/mol. The van der Waals surface area contributed by atoms with Gasteiger partial charge in [0.1, 0.15) is 0 Å². The molecule has 2 rings (SSSR count). The summed E-state index contributed by atoms with van der Waals surface area (Å²) in [5, 5.41) is 0.868. The molecule has 0 aromatic rings. The predicted octanol–water partition coefficient (Wildman–Crippen LogP) is 6.34. The Morgan fingerprint density at radius 2 is 1.60 bits per heavy atom. The lowest BCUT2D eigenvalue weighted by molar-refractivity contribution is 0.320. The average molecular weight is 293 g/mol. The first-order valence-electron chi connectivity index (χ1n) is 8.15. The molecule has 0 aromatic carbocycles. The topological polar surface area (TPSA) is 0 Å². The minimum Gasteiger partial charge on any atom is -0.0843 e. The van der Waals surface area contributed by atoms with Gasteiger partial charge in [-0.3, -0.25) is 0 Å². The largest absolute Gasteiger partial charge is 0.0843 e. The van der Waals surface area contributed by atoms with E-state index in [2.05, 4.69) is 52.8 Å². The second-order valence-electron chi connectivity index (χ2n) is 7.18. The van der Waals surface area contributed by atoms with E-state index >= 15 is 0 Å². The molecule has 2 aliphatic rings. The summed E-state index contributed by atoms with van der Waals surface area (Å²) < 4.78 is 0. The van der Waals surface area contributed by atoms with Gasteiger partial charge < -0.3 is 0 Å². The van der Waals surface area contributed by atoms with Crippen LogP contribution in [0.15, 0.2) is 34.4 Å². The van der Waals surface area contributed by atoms with Crippen LogP contribution in [0.4, 0.5) is 0 Å². The van der Waals surface area contributed by atoms with Crippen LogP contribution in [0.1, 0.15) is 53.9 Å². The highest BCUT2D eigenvalue weighted by molar-refractivity contribution is 6.31. The maximum Gasteiger partial charge on any atom is 0.0405 e. The van der Waals surface area contributed by atoms with Crippen LogP contribution >= 0.6 is 11.6 Å². The first kappa shape index (κ1) is 15.9. The van der Waals surface area contributed by atoms with Gasteiger partial charge in [0, 0.05) is 5.03 Å². The van der Waals surface area contributed by atoms with Gasteiger partial charge in [-0.05, 0) is 61.5 Å². The van der Waals surface area contributed by atoms with Crippen molar-refractivity contribution in [2.75, 3.05) is 0 Å². The molecule has 5 atom stereocenters. The highest BCUT2D eigenvalue weighted by atomic mass is 35.5. The van der Waals surface area contributed by atoms with Gasteiger partial charge in [0.05, 0.1) is 0 Å². The maximum absolute atomic E-state index is 6.25. The van der Waals surface area contributed by atoms with Crippen molar-refractivity contribution in [1.82, 2.24) is 0 Å². The van der Waals surface area contributed by atoms with Crippen LogP contribution in [0.25, 0.3) is 0 Å². The Morgan fingerprint density at radius 3 is 2.30 bits per heavy atom. The summed E-state index contributed by atoms with van der Waals surface area (Å²) in [6, 6.07) is 0. The van der Waals surface area contributed by atoms with Crippen LogP contribution in [0, 0.1) is 29.6 Å². The fourth-order valence-corrected chi connectivity index (χ4v) is 3.99. The zero-order valence-electron chi connectivity index (χ0n) is 13.6. The molecule has 1 saturated carbocycles. The smallest absolute Gasteiger partial charge is 0.0405 e. The van der Waals surface area contributed by atoms with Crippen molar-refractivity contribution >= 4 is 11.6 Å². The number of allylic oxidation sites excluding steroid dienone is 6. The summed E-state index contributed by atoms with van der Waals surface area (Å²) in [7, 11) is 0. The second-order valence-corrected chi connectivity index (χ2v) is 7.62. The summed E-state index contributed by atoms with van der Waals surface area (Å²) in [5.41, 5.74) is 3.00. The van der Waals surface area contributed by atoms with E-state index in [1.54, 1.807) is 5.57 Å². The molecule has 0 bridgehead atoms. The molecule has 0 nitrogen and oxygen atoms in total. The zero-order chi connectivity index (χ0) is 14.9. The Kier molecular flexibility index (Phi) is 5.18. The molecule has 0 spiro atoms. The highest BCUT2D eigenvalue weighted by Crippen LogP contribution is 2.43. The maximum atomic E-state index is 6.25.